The van der Waals surface area contributed by atoms with Gasteiger partial charge in [-0.2, -0.15) is 4.98 Å². The van der Waals surface area contributed by atoms with Crippen molar-refractivity contribution in [3.63, 3.8) is 0 Å². The zero-order valence-electron chi connectivity index (χ0n) is 20.0. The van der Waals surface area contributed by atoms with Gasteiger partial charge in [0.2, 0.25) is 5.95 Å². The maximum atomic E-state index is 12.3. The zero-order valence-corrected chi connectivity index (χ0v) is 20.0. The second-order valence-electron chi connectivity index (χ2n) is 9.88. The van der Waals surface area contributed by atoms with Crippen LogP contribution in [0.1, 0.15) is 57.7 Å². The van der Waals surface area contributed by atoms with Gasteiger partial charge in [-0.1, -0.05) is 38.1 Å². The number of hydrogen-bond donors (Lipinski definition) is 2. The number of nitrogens with one attached hydrogen (secondary N) is 1. The molecule has 0 saturated carbocycles. The molecule has 33 heavy (non-hydrogen) atoms. The summed E-state index contributed by atoms with van der Waals surface area (Å²) in [6.07, 6.45) is 2.94. The quantitative estimate of drug-likeness (QED) is 0.655. The number of cyclic esters (lactones) is 1. The van der Waals surface area contributed by atoms with Crippen LogP contribution in [0.15, 0.2) is 36.5 Å². The van der Waals surface area contributed by atoms with E-state index >= 15 is 0 Å². The number of amides is 1. The molecule has 2 aromatic rings. The van der Waals surface area contributed by atoms with Crippen molar-refractivity contribution in [2.45, 2.75) is 64.8 Å². The number of carbonyl (C=O) groups excluding carboxylic acids is 1. The van der Waals surface area contributed by atoms with Crippen molar-refractivity contribution in [1.29, 1.82) is 0 Å². The van der Waals surface area contributed by atoms with E-state index in [0.29, 0.717) is 18.4 Å². The Labute approximate surface area is 196 Å². The summed E-state index contributed by atoms with van der Waals surface area (Å²) in [4.78, 5) is 25.2. The molecule has 2 fully saturated rings. The van der Waals surface area contributed by atoms with Crippen molar-refractivity contribution < 1.29 is 14.6 Å². The van der Waals surface area contributed by atoms with Gasteiger partial charge < -0.3 is 15.2 Å². The van der Waals surface area contributed by atoms with Gasteiger partial charge in [-0.15, -0.1) is 0 Å². The molecule has 0 spiro atoms. The molecule has 2 aliphatic rings. The molecule has 4 rings (SSSR count). The normalized spacial score (nSPS) is 21.8. The van der Waals surface area contributed by atoms with Crippen LogP contribution in [0.5, 0.6) is 0 Å². The summed E-state index contributed by atoms with van der Waals surface area (Å²) in [5.41, 5.74) is 1.87. The van der Waals surface area contributed by atoms with Gasteiger partial charge >= 0.3 is 6.09 Å². The summed E-state index contributed by atoms with van der Waals surface area (Å²) >= 11 is 0. The minimum absolute atomic E-state index is 0.00538. The second-order valence-corrected chi connectivity index (χ2v) is 9.88. The molecule has 1 aromatic carbocycles. The molecular formula is C25H35N5O3. The number of benzene rings is 1. The Bertz CT molecular complexity index is 953. The summed E-state index contributed by atoms with van der Waals surface area (Å²) in [6, 6.07) is 10.3. The average molecular weight is 454 g/mol. The number of carbonyl (C=O) groups is 1. The zero-order chi connectivity index (χ0) is 23.6. The number of aromatic nitrogens is 2. The van der Waals surface area contributed by atoms with Gasteiger partial charge in [0.1, 0.15) is 12.4 Å². The minimum Gasteiger partial charge on any atom is -0.447 e. The second kappa shape index (κ2) is 9.65. The molecule has 1 aromatic heterocycles. The van der Waals surface area contributed by atoms with Gasteiger partial charge in [0.25, 0.3) is 0 Å². The Balaban J connectivity index is 1.38. The smallest absolute Gasteiger partial charge is 0.415 e. The molecule has 178 valence electrons. The predicted molar refractivity (Wildman–Crippen MR) is 128 cm³/mol. The first-order chi connectivity index (χ1) is 15.7. The van der Waals surface area contributed by atoms with Crippen LogP contribution in [0.4, 0.5) is 16.6 Å². The Morgan fingerprint density at radius 3 is 2.55 bits per heavy atom. The Morgan fingerprint density at radius 1 is 1.18 bits per heavy atom. The molecule has 8 heteroatoms. The van der Waals surface area contributed by atoms with Crippen LogP contribution >= 0.6 is 0 Å². The third-order valence-corrected chi connectivity index (χ3v) is 6.73. The van der Waals surface area contributed by atoms with Crippen LogP contribution in [0.25, 0.3) is 0 Å². The van der Waals surface area contributed by atoms with E-state index in [2.05, 4.69) is 65.2 Å². The van der Waals surface area contributed by atoms with Crippen molar-refractivity contribution in [2.24, 2.45) is 5.92 Å². The van der Waals surface area contributed by atoms with E-state index in [0.717, 1.165) is 38.0 Å². The van der Waals surface area contributed by atoms with E-state index in [4.69, 9.17) is 4.74 Å². The summed E-state index contributed by atoms with van der Waals surface area (Å²) in [5.74, 6) is 1.29. The topological polar surface area (TPSA) is 90.8 Å². The number of aliphatic hydroxyl groups is 1. The lowest BCUT2D eigenvalue weighted by Crippen LogP contribution is -2.41. The summed E-state index contributed by atoms with van der Waals surface area (Å²) < 4.78 is 5.25. The average Bonchev–Trinajstić information content (AvgIpc) is 3.17. The lowest BCUT2D eigenvalue weighted by atomic mass is 9.93. The van der Waals surface area contributed by atoms with Crippen molar-refractivity contribution in [3.05, 3.63) is 47.7 Å². The number of piperidine rings is 1. The van der Waals surface area contributed by atoms with Crippen LogP contribution < -0.4 is 10.2 Å². The lowest BCUT2D eigenvalue weighted by Gasteiger charge is -2.35. The summed E-state index contributed by atoms with van der Waals surface area (Å²) in [7, 11) is 0. The van der Waals surface area contributed by atoms with Gasteiger partial charge in [-0.05, 0) is 49.8 Å². The van der Waals surface area contributed by atoms with Crippen molar-refractivity contribution in [2.75, 3.05) is 29.9 Å². The molecule has 0 radical (unpaired) electrons. The molecule has 2 N–H and O–H groups in total. The molecule has 3 heterocycles. The molecular weight excluding hydrogens is 418 g/mol. The first-order valence-electron chi connectivity index (χ1n) is 11.8. The van der Waals surface area contributed by atoms with Gasteiger partial charge in [-0.3, -0.25) is 9.80 Å². The van der Waals surface area contributed by atoms with Crippen LogP contribution in [0, 0.1) is 5.92 Å². The highest BCUT2D eigenvalue weighted by molar-refractivity contribution is 5.89. The Hall–Kier alpha value is -2.71. The molecule has 0 bridgehead atoms. The van der Waals surface area contributed by atoms with Crippen LogP contribution in [-0.2, 0) is 11.3 Å². The number of likely N-dealkylation sites (tertiary alicyclic amines) is 1. The molecule has 2 saturated heterocycles. The van der Waals surface area contributed by atoms with E-state index in [-0.39, 0.29) is 24.1 Å². The molecule has 1 amide bonds. The number of hydrogen-bond acceptors (Lipinski definition) is 7. The van der Waals surface area contributed by atoms with Gasteiger partial charge in [0.15, 0.2) is 0 Å². The highest BCUT2D eigenvalue weighted by Crippen LogP contribution is 2.27. The standard InChI is InChI=1S/C25H35N5O3/c1-17(2)21-16-33-24(31)30(21)22-9-12-26-23(28-22)27-18(3)20-7-5-19(6-8-20)15-29-13-10-25(4,32)11-14-29/h5-9,12,17-18,21,32H,10-11,13-16H2,1-4H3,(H,26,27,28). The fourth-order valence-corrected chi connectivity index (χ4v) is 4.38. The summed E-state index contributed by atoms with van der Waals surface area (Å²) in [6.45, 7) is 11.2. The SMILES string of the molecule is CC(Nc1nccc(N2C(=O)OCC2C(C)C)n1)c1ccc(CN2CCC(C)(O)CC2)cc1. The lowest BCUT2D eigenvalue weighted by molar-refractivity contribution is -0.00730. The van der Waals surface area contributed by atoms with E-state index in [9.17, 15) is 9.90 Å². The van der Waals surface area contributed by atoms with E-state index in [1.165, 1.54) is 5.56 Å². The van der Waals surface area contributed by atoms with Crippen molar-refractivity contribution >= 4 is 17.9 Å². The number of anilines is 2. The third kappa shape index (κ3) is 5.62. The third-order valence-electron chi connectivity index (χ3n) is 6.73. The Kier molecular flexibility index (Phi) is 6.86. The highest BCUT2D eigenvalue weighted by Gasteiger charge is 2.37. The van der Waals surface area contributed by atoms with E-state index in [1.54, 1.807) is 17.2 Å². The van der Waals surface area contributed by atoms with Crippen molar-refractivity contribution in [1.82, 2.24) is 14.9 Å². The van der Waals surface area contributed by atoms with Crippen LogP contribution in [-0.4, -0.2) is 57.4 Å². The van der Waals surface area contributed by atoms with Gasteiger partial charge in [0.05, 0.1) is 17.7 Å². The fourth-order valence-electron chi connectivity index (χ4n) is 4.38. The molecule has 0 aliphatic carbocycles. The number of rotatable bonds is 7. The summed E-state index contributed by atoms with van der Waals surface area (Å²) in [5, 5.41) is 13.5. The van der Waals surface area contributed by atoms with Gasteiger partial charge in [-0.25, -0.2) is 9.78 Å². The molecule has 2 aliphatic heterocycles. The van der Waals surface area contributed by atoms with E-state index in [1.807, 2.05) is 6.92 Å². The Morgan fingerprint density at radius 2 is 1.88 bits per heavy atom. The first kappa shape index (κ1) is 23.4. The molecule has 2 unspecified atom stereocenters. The molecule has 2 atom stereocenters. The van der Waals surface area contributed by atoms with Gasteiger partial charge in [0, 0.05) is 25.8 Å². The maximum Gasteiger partial charge on any atom is 0.415 e. The van der Waals surface area contributed by atoms with Crippen molar-refractivity contribution in [3.8, 4) is 0 Å². The highest BCUT2D eigenvalue weighted by atomic mass is 16.6. The molecule has 8 nitrogen and oxygen atoms in total. The number of ether oxygens (including phenoxy) is 1. The maximum absolute atomic E-state index is 12.3. The predicted octanol–water partition coefficient (Wildman–Crippen LogP) is 3.98. The minimum atomic E-state index is -0.522. The largest absolute Gasteiger partial charge is 0.447 e. The van der Waals surface area contributed by atoms with Crippen LogP contribution in [0.2, 0.25) is 0 Å². The first-order valence-corrected chi connectivity index (χ1v) is 11.8. The number of nitrogens with zero attached hydrogens (tertiary/aromatic N) is 4. The monoisotopic (exact) mass is 453 g/mol. The van der Waals surface area contributed by atoms with Crippen LogP contribution in [0.3, 0.4) is 0 Å². The fraction of sp³-hybridized carbons (Fsp3) is 0.560. The van der Waals surface area contributed by atoms with E-state index < -0.39 is 5.60 Å².